The van der Waals surface area contributed by atoms with Crippen molar-refractivity contribution < 1.29 is 0 Å². The van der Waals surface area contributed by atoms with E-state index in [2.05, 4.69) is 277 Å². The highest BCUT2D eigenvalue weighted by atomic mass is 15.2. The van der Waals surface area contributed by atoms with Crippen LogP contribution in [0.3, 0.4) is 0 Å². The Labute approximate surface area is 396 Å². The fraction of sp³-hybridized carbons (Fsp3) is 0. The number of benzene rings is 11. The maximum absolute atomic E-state index is 5.76. The molecule has 320 valence electrons. The predicted molar refractivity (Wildman–Crippen MR) is 286 cm³/mol. The number of rotatable bonds is 10. The Bertz CT molecular complexity index is 3660. The van der Waals surface area contributed by atoms with Gasteiger partial charge < -0.3 is 9.80 Å². The van der Waals surface area contributed by atoms with Crippen LogP contribution in [-0.4, -0.2) is 9.97 Å². The van der Waals surface area contributed by atoms with Crippen LogP contribution >= 0.6 is 0 Å². The molecule has 12 rings (SSSR count). The SMILES string of the molecule is c1ccc(-c2nc3c(-c4cccc5ccccc45)ccc(-c4cccc5ccccc45)c3nc2-c2ccc(N(c3ccccc3)c3ccc(N(c4ccccc4)c4ccccc4)cc3)cc2)cc1. The van der Waals surface area contributed by atoms with E-state index in [1.54, 1.807) is 0 Å². The highest BCUT2D eigenvalue weighted by Gasteiger charge is 2.22. The molecule has 0 radical (unpaired) electrons. The monoisotopic (exact) mass is 868 g/mol. The van der Waals surface area contributed by atoms with Crippen molar-refractivity contribution in [3.63, 3.8) is 0 Å². The Balaban J connectivity index is 1.02. The van der Waals surface area contributed by atoms with Gasteiger partial charge in [0.25, 0.3) is 0 Å². The minimum Gasteiger partial charge on any atom is -0.311 e. The van der Waals surface area contributed by atoms with Gasteiger partial charge in [0.05, 0.1) is 22.4 Å². The second-order valence-electron chi connectivity index (χ2n) is 16.9. The summed E-state index contributed by atoms with van der Waals surface area (Å²) in [5.41, 5.74) is 16.1. The summed E-state index contributed by atoms with van der Waals surface area (Å²) < 4.78 is 0. The van der Waals surface area contributed by atoms with Crippen molar-refractivity contribution in [1.82, 2.24) is 9.97 Å². The molecule has 0 saturated heterocycles. The fourth-order valence-electron chi connectivity index (χ4n) is 9.63. The molecule has 0 fully saturated rings. The molecular weight excluding hydrogens is 825 g/mol. The average Bonchev–Trinajstić information content (AvgIpc) is 3.42. The summed E-state index contributed by atoms with van der Waals surface area (Å²) in [5, 5.41) is 4.73. The molecule has 0 bridgehead atoms. The topological polar surface area (TPSA) is 32.3 Å². The molecule has 4 nitrogen and oxygen atoms in total. The minimum absolute atomic E-state index is 0.823. The summed E-state index contributed by atoms with van der Waals surface area (Å²) in [6.07, 6.45) is 0. The molecule has 0 spiro atoms. The van der Waals surface area contributed by atoms with Gasteiger partial charge in [-0.05, 0) is 105 Å². The molecule has 0 saturated carbocycles. The normalized spacial score (nSPS) is 11.2. The van der Waals surface area contributed by atoms with Gasteiger partial charge in [-0.25, -0.2) is 9.97 Å². The molecule has 68 heavy (non-hydrogen) atoms. The minimum atomic E-state index is 0.823. The Kier molecular flexibility index (Phi) is 10.5. The number of hydrogen-bond donors (Lipinski definition) is 0. The van der Waals surface area contributed by atoms with Crippen LogP contribution in [0, 0.1) is 0 Å². The lowest BCUT2D eigenvalue weighted by molar-refractivity contribution is 1.25. The van der Waals surface area contributed by atoms with Crippen molar-refractivity contribution in [2.75, 3.05) is 9.80 Å². The standard InChI is InChI=1S/C64H44N4/c1-5-21-47(22-6-1)61-62(66-64-60(58-34-18-24-46-20-14-16-32-56(46)58)44-43-59(63(64)65-61)57-33-17-23-45-19-13-15-31-55(45)57)48-35-37-52(38-36-48)68(51-29-11-4-12-30-51)54-41-39-53(40-42-54)67(49-25-7-2-8-26-49)50-27-9-3-10-28-50/h1-44H. The maximum Gasteiger partial charge on any atom is 0.0979 e. The van der Waals surface area contributed by atoms with Gasteiger partial charge in [0.1, 0.15) is 0 Å². The van der Waals surface area contributed by atoms with Gasteiger partial charge in [-0.1, -0.05) is 194 Å². The van der Waals surface area contributed by atoms with E-state index >= 15 is 0 Å². The molecule has 1 heterocycles. The van der Waals surface area contributed by atoms with Crippen LogP contribution < -0.4 is 9.80 Å². The number of para-hydroxylation sites is 3. The van der Waals surface area contributed by atoms with Gasteiger partial charge >= 0.3 is 0 Å². The summed E-state index contributed by atoms with van der Waals surface area (Å²) in [4.78, 5) is 16.1. The van der Waals surface area contributed by atoms with Gasteiger partial charge in [0.2, 0.25) is 0 Å². The van der Waals surface area contributed by atoms with Crippen molar-refractivity contribution in [2.24, 2.45) is 0 Å². The Hall–Kier alpha value is -9.12. The molecule has 11 aromatic carbocycles. The molecular formula is C64H44N4. The second-order valence-corrected chi connectivity index (χ2v) is 16.9. The van der Waals surface area contributed by atoms with Crippen LogP contribution in [0.25, 0.3) is 77.3 Å². The number of fused-ring (bicyclic) bond motifs is 3. The Morgan fingerprint density at radius 1 is 0.221 bits per heavy atom. The Morgan fingerprint density at radius 2 is 0.529 bits per heavy atom. The first kappa shape index (κ1) is 40.4. The Morgan fingerprint density at radius 3 is 0.941 bits per heavy atom. The van der Waals surface area contributed by atoms with E-state index in [9.17, 15) is 0 Å². The van der Waals surface area contributed by atoms with Crippen molar-refractivity contribution in [2.45, 2.75) is 0 Å². The smallest absolute Gasteiger partial charge is 0.0979 e. The lowest BCUT2D eigenvalue weighted by Crippen LogP contribution is -2.12. The van der Waals surface area contributed by atoms with Crippen molar-refractivity contribution in [3.8, 4) is 44.8 Å². The zero-order chi connectivity index (χ0) is 45.2. The third kappa shape index (κ3) is 7.50. The van der Waals surface area contributed by atoms with Gasteiger partial charge in [-0.15, -0.1) is 0 Å². The molecule has 0 aliphatic carbocycles. The summed E-state index contributed by atoms with van der Waals surface area (Å²) in [6, 6.07) is 94.4. The van der Waals surface area contributed by atoms with E-state index in [0.29, 0.717) is 0 Å². The average molecular weight is 869 g/mol. The summed E-state index contributed by atoms with van der Waals surface area (Å²) in [7, 11) is 0. The first-order valence-corrected chi connectivity index (χ1v) is 23.1. The van der Waals surface area contributed by atoms with E-state index in [1.165, 1.54) is 21.5 Å². The first-order chi connectivity index (χ1) is 33.7. The predicted octanol–water partition coefficient (Wildman–Crippen LogP) is 17.5. The number of aromatic nitrogens is 2. The first-order valence-electron chi connectivity index (χ1n) is 23.1. The van der Waals surface area contributed by atoms with E-state index in [4.69, 9.17) is 9.97 Å². The molecule has 0 amide bonds. The number of anilines is 6. The highest BCUT2D eigenvalue weighted by Crippen LogP contribution is 2.44. The van der Waals surface area contributed by atoms with Gasteiger partial charge in [-0.2, -0.15) is 0 Å². The lowest BCUT2D eigenvalue weighted by Gasteiger charge is -2.28. The van der Waals surface area contributed by atoms with Crippen molar-refractivity contribution in [1.29, 1.82) is 0 Å². The highest BCUT2D eigenvalue weighted by molar-refractivity contribution is 6.11. The van der Waals surface area contributed by atoms with E-state index in [-0.39, 0.29) is 0 Å². The molecule has 0 N–H and O–H groups in total. The summed E-state index contributed by atoms with van der Waals surface area (Å²) >= 11 is 0. The number of hydrogen-bond acceptors (Lipinski definition) is 4. The van der Waals surface area contributed by atoms with Crippen LogP contribution in [0.15, 0.2) is 267 Å². The maximum atomic E-state index is 5.76. The van der Waals surface area contributed by atoms with Crippen LogP contribution in [0.5, 0.6) is 0 Å². The summed E-state index contributed by atoms with van der Waals surface area (Å²) in [6.45, 7) is 0. The van der Waals surface area contributed by atoms with Crippen molar-refractivity contribution >= 4 is 66.7 Å². The third-order valence-electron chi connectivity index (χ3n) is 12.8. The zero-order valence-corrected chi connectivity index (χ0v) is 37.2. The molecule has 4 heteroatoms. The molecule has 0 atom stereocenters. The van der Waals surface area contributed by atoms with Crippen molar-refractivity contribution in [3.05, 3.63) is 267 Å². The van der Waals surface area contributed by atoms with Crippen LogP contribution in [0.1, 0.15) is 0 Å². The van der Waals surface area contributed by atoms with E-state index in [1.807, 2.05) is 0 Å². The van der Waals surface area contributed by atoms with Crippen LogP contribution in [0.2, 0.25) is 0 Å². The third-order valence-corrected chi connectivity index (χ3v) is 12.8. The summed E-state index contributed by atoms with van der Waals surface area (Å²) in [5.74, 6) is 0. The zero-order valence-electron chi connectivity index (χ0n) is 37.2. The quantitative estimate of drug-likeness (QED) is 0.137. The molecule has 0 unspecified atom stereocenters. The van der Waals surface area contributed by atoms with E-state index in [0.717, 1.165) is 89.9 Å². The van der Waals surface area contributed by atoms with Gasteiger partial charge in [0.15, 0.2) is 0 Å². The van der Waals surface area contributed by atoms with Crippen LogP contribution in [-0.2, 0) is 0 Å². The van der Waals surface area contributed by atoms with E-state index < -0.39 is 0 Å². The second kappa shape index (κ2) is 17.7. The van der Waals surface area contributed by atoms with Crippen LogP contribution in [0.4, 0.5) is 34.1 Å². The molecule has 12 aromatic rings. The number of nitrogens with zero attached hydrogens (tertiary/aromatic N) is 4. The van der Waals surface area contributed by atoms with Gasteiger partial charge in [0, 0.05) is 56.4 Å². The fourth-order valence-corrected chi connectivity index (χ4v) is 9.63. The molecule has 0 aliphatic heterocycles. The lowest BCUT2D eigenvalue weighted by atomic mass is 9.91. The molecule has 1 aromatic heterocycles. The van der Waals surface area contributed by atoms with Gasteiger partial charge in [-0.3, -0.25) is 0 Å². The molecule has 0 aliphatic rings. The largest absolute Gasteiger partial charge is 0.311 e.